The second-order valence-corrected chi connectivity index (χ2v) is 8.77. The van der Waals surface area contributed by atoms with E-state index in [0.717, 1.165) is 16.5 Å². The maximum atomic E-state index is 4.28. The van der Waals surface area contributed by atoms with Crippen LogP contribution >= 0.6 is 0 Å². The molecule has 1 heterocycles. The first-order chi connectivity index (χ1) is 10.4. The third-order valence-electron chi connectivity index (χ3n) is 2.82. The molecule has 0 amide bonds. The molecule has 0 saturated heterocycles. The van der Waals surface area contributed by atoms with Crippen molar-refractivity contribution >= 4 is 38.8 Å². The summed E-state index contributed by atoms with van der Waals surface area (Å²) in [6.07, 6.45) is 2.09. The Hall–Kier alpha value is -1.38. The summed E-state index contributed by atoms with van der Waals surface area (Å²) in [6, 6.07) is 21.2. The normalized spacial score (nSPS) is 10.7. The van der Waals surface area contributed by atoms with Gasteiger partial charge in [0.25, 0.3) is 0 Å². The third-order valence-corrected chi connectivity index (χ3v) is 7.11. The Labute approximate surface area is 137 Å². The van der Waals surface area contributed by atoms with Gasteiger partial charge in [0.2, 0.25) is 0 Å². The van der Waals surface area contributed by atoms with E-state index in [1.54, 1.807) is 0 Å². The molecule has 0 fully saturated rings. The fourth-order valence-corrected chi connectivity index (χ4v) is 5.06. The van der Waals surface area contributed by atoms with E-state index >= 15 is 0 Å². The van der Waals surface area contributed by atoms with Gasteiger partial charge >= 0.3 is 137 Å². The molecule has 3 aromatic rings. The molecular weight excluding hydrogens is 392 g/mol. The minimum absolute atomic E-state index is 0.413. The average Bonchev–Trinajstić information content (AvgIpc) is 3.01. The van der Waals surface area contributed by atoms with Crippen LogP contribution in [0.5, 0.6) is 0 Å². The van der Waals surface area contributed by atoms with Crippen molar-refractivity contribution in [3.8, 4) is 0 Å². The molecule has 21 heavy (non-hydrogen) atoms. The van der Waals surface area contributed by atoms with Gasteiger partial charge in [-0.05, 0) is 0 Å². The summed E-state index contributed by atoms with van der Waals surface area (Å²) in [5, 5.41) is 9.53. The minimum atomic E-state index is 0.413. The van der Waals surface area contributed by atoms with Crippen molar-refractivity contribution in [1.29, 1.82) is 0 Å². The number of hydrogen-bond donors (Lipinski definition) is 0. The molecule has 5 heteroatoms. The fraction of sp³-hybridized carbons (Fsp3) is 0.125. The molecule has 106 valence electrons. The summed E-state index contributed by atoms with van der Waals surface area (Å²) < 4.78 is 4.78. The van der Waals surface area contributed by atoms with Crippen molar-refractivity contribution in [2.75, 3.05) is 0 Å². The van der Waals surface area contributed by atoms with Crippen LogP contribution in [0.1, 0.15) is 5.69 Å². The SMILES string of the molecule is c1ccc([Se]Cc2cn(C[Se]c3ccccc3)nn2)cc1. The Bertz CT molecular complexity index is 610. The van der Waals surface area contributed by atoms with Crippen molar-refractivity contribution in [2.45, 2.75) is 10.8 Å². The number of rotatable bonds is 6. The van der Waals surface area contributed by atoms with Gasteiger partial charge in [-0.15, -0.1) is 0 Å². The number of nitrogens with zero attached hydrogens (tertiary/aromatic N) is 3. The van der Waals surface area contributed by atoms with Crippen molar-refractivity contribution in [2.24, 2.45) is 0 Å². The Balaban J connectivity index is 1.52. The summed E-state index contributed by atoms with van der Waals surface area (Å²) in [5.41, 5.74) is 2.05. The molecule has 0 unspecified atom stereocenters. The predicted molar refractivity (Wildman–Crippen MR) is 87.4 cm³/mol. The molecule has 0 atom stereocenters. The van der Waals surface area contributed by atoms with Crippen molar-refractivity contribution in [3.05, 3.63) is 72.6 Å². The van der Waals surface area contributed by atoms with Crippen LogP contribution in [-0.4, -0.2) is 44.9 Å². The average molecular weight is 407 g/mol. The summed E-state index contributed by atoms with van der Waals surface area (Å²) in [7, 11) is 0. The van der Waals surface area contributed by atoms with Gasteiger partial charge in [-0.1, -0.05) is 0 Å². The summed E-state index contributed by atoms with van der Waals surface area (Å²) in [6.45, 7) is 0. The van der Waals surface area contributed by atoms with Crippen molar-refractivity contribution in [3.63, 3.8) is 0 Å². The van der Waals surface area contributed by atoms with Crippen LogP contribution in [0.15, 0.2) is 66.9 Å². The standard InChI is InChI=1S/C16H15N3Se2/c1-3-7-15(8-4-1)20-12-14-11-19(18-17-14)13-21-16-9-5-2-6-10-16/h1-11H,12-13H2. The van der Waals surface area contributed by atoms with Gasteiger partial charge in [0.15, 0.2) is 0 Å². The monoisotopic (exact) mass is 409 g/mol. The molecule has 3 rings (SSSR count). The quantitative estimate of drug-likeness (QED) is 0.566. The van der Waals surface area contributed by atoms with E-state index in [-0.39, 0.29) is 0 Å². The number of aromatic nitrogens is 3. The van der Waals surface area contributed by atoms with Gasteiger partial charge < -0.3 is 0 Å². The van der Waals surface area contributed by atoms with E-state index in [1.807, 2.05) is 4.68 Å². The van der Waals surface area contributed by atoms with Crippen LogP contribution in [0.3, 0.4) is 0 Å². The van der Waals surface area contributed by atoms with Gasteiger partial charge in [-0.25, -0.2) is 0 Å². The van der Waals surface area contributed by atoms with Crippen LogP contribution in [0, 0.1) is 0 Å². The fourth-order valence-electron chi connectivity index (χ4n) is 1.80. The zero-order valence-corrected chi connectivity index (χ0v) is 14.8. The third kappa shape index (κ3) is 4.55. The molecular formula is C16H15N3Se2. The number of hydrogen-bond acceptors (Lipinski definition) is 2. The van der Waals surface area contributed by atoms with E-state index in [2.05, 4.69) is 77.2 Å². The molecule has 2 aromatic carbocycles. The van der Waals surface area contributed by atoms with E-state index in [1.165, 1.54) is 8.92 Å². The zero-order valence-electron chi connectivity index (χ0n) is 11.4. The van der Waals surface area contributed by atoms with Gasteiger partial charge in [0, 0.05) is 0 Å². The molecule has 0 radical (unpaired) electrons. The second kappa shape index (κ2) is 7.58. The maximum absolute atomic E-state index is 4.28. The molecule has 0 spiro atoms. The molecule has 1 aromatic heterocycles. The van der Waals surface area contributed by atoms with Gasteiger partial charge in [-0.3, -0.25) is 0 Å². The first-order valence-electron chi connectivity index (χ1n) is 6.65. The van der Waals surface area contributed by atoms with E-state index < -0.39 is 0 Å². The van der Waals surface area contributed by atoms with Crippen LogP contribution in [-0.2, 0) is 10.8 Å². The molecule has 0 saturated carbocycles. The first-order valence-corrected chi connectivity index (χ1v) is 10.8. The zero-order chi connectivity index (χ0) is 14.3. The first kappa shape index (κ1) is 14.6. The predicted octanol–water partition coefficient (Wildman–Crippen LogP) is 0.795. The van der Waals surface area contributed by atoms with Gasteiger partial charge in [0.05, 0.1) is 0 Å². The molecule has 0 aliphatic heterocycles. The van der Waals surface area contributed by atoms with E-state index in [0.29, 0.717) is 29.9 Å². The summed E-state index contributed by atoms with van der Waals surface area (Å²) in [4.78, 5) is 0. The molecule has 0 aliphatic rings. The molecule has 0 bridgehead atoms. The topological polar surface area (TPSA) is 30.7 Å². The van der Waals surface area contributed by atoms with Gasteiger partial charge in [-0.2, -0.15) is 0 Å². The van der Waals surface area contributed by atoms with E-state index in [9.17, 15) is 0 Å². The van der Waals surface area contributed by atoms with Crippen molar-refractivity contribution in [1.82, 2.24) is 15.0 Å². The van der Waals surface area contributed by atoms with Crippen LogP contribution in [0.4, 0.5) is 0 Å². The van der Waals surface area contributed by atoms with Crippen LogP contribution in [0.25, 0.3) is 0 Å². The van der Waals surface area contributed by atoms with Crippen LogP contribution in [0.2, 0.25) is 0 Å². The second-order valence-electron chi connectivity index (χ2n) is 4.44. The van der Waals surface area contributed by atoms with Crippen molar-refractivity contribution < 1.29 is 0 Å². The summed E-state index contributed by atoms with van der Waals surface area (Å²) >= 11 is 0.851. The Morgan fingerprint density at radius 1 is 0.810 bits per heavy atom. The summed E-state index contributed by atoms with van der Waals surface area (Å²) in [5.74, 6) is 0. The number of benzene rings is 2. The Morgan fingerprint density at radius 3 is 2.10 bits per heavy atom. The molecule has 0 N–H and O–H groups in total. The Kier molecular flexibility index (Phi) is 5.25. The molecule has 0 aliphatic carbocycles. The van der Waals surface area contributed by atoms with Crippen LogP contribution < -0.4 is 8.92 Å². The Morgan fingerprint density at radius 2 is 1.43 bits per heavy atom. The molecule has 3 nitrogen and oxygen atoms in total. The van der Waals surface area contributed by atoms with E-state index in [4.69, 9.17) is 0 Å². The van der Waals surface area contributed by atoms with Gasteiger partial charge in [0.1, 0.15) is 0 Å².